The maximum absolute atomic E-state index is 9.36. The van der Waals surface area contributed by atoms with Gasteiger partial charge in [-0.1, -0.05) is 36.7 Å². The highest BCUT2D eigenvalue weighted by atomic mass is 35.5. The molecule has 3 nitrogen and oxygen atoms in total. The normalized spacial score (nSPS) is 17.9. The lowest BCUT2D eigenvalue weighted by atomic mass is 9.94. The van der Waals surface area contributed by atoms with E-state index in [0.29, 0.717) is 16.5 Å². The van der Waals surface area contributed by atoms with E-state index in [9.17, 15) is 5.11 Å². The minimum absolute atomic E-state index is 0.0700. The first-order valence-electron chi connectivity index (χ1n) is 6.79. The highest BCUT2D eigenvalue weighted by molar-refractivity contribution is 6.31. The Kier molecular flexibility index (Phi) is 3.64. The van der Waals surface area contributed by atoms with Crippen molar-refractivity contribution in [3.63, 3.8) is 0 Å². The molecule has 1 aromatic heterocycles. The summed E-state index contributed by atoms with van der Waals surface area (Å²) in [5.41, 5.74) is 3.25. The molecule has 2 aromatic rings. The number of anilines is 2. The van der Waals surface area contributed by atoms with Crippen LogP contribution in [0.1, 0.15) is 18.1 Å². The maximum Gasteiger partial charge on any atom is 0.133 e. The van der Waals surface area contributed by atoms with Gasteiger partial charge in [-0.05, 0) is 30.0 Å². The van der Waals surface area contributed by atoms with Crippen LogP contribution in [-0.4, -0.2) is 16.6 Å². The molecule has 1 aromatic carbocycles. The summed E-state index contributed by atoms with van der Waals surface area (Å²) < 4.78 is 0. The average molecular weight is 289 g/mol. The monoisotopic (exact) mass is 288 g/mol. The van der Waals surface area contributed by atoms with E-state index in [0.717, 1.165) is 18.8 Å². The Hall–Kier alpha value is -1.58. The standard InChI is InChI=1S/C16H17ClN2O/c1-11-6-12-4-2-3-5-15(12)19(9-11)16-7-13(10-20)14(17)8-18-16/h2-5,7-8,11,20H,6,9-10H2,1H3. The topological polar surface area (TPSA) is 36.4 Å². The van der Waals surface area contributed by atoms with E-state index < -0.39 is 0 Å². The number of benzene rings is 1. The molecule has 1 N–H and O–H groups in total. The average Bonchev–Trinajstić information content (AvgIpc) is 2.47. The second-order valence-corrected chi connectivity index (χ2v) is 5.75. The van der Waals surface area contributed by atoms with Crippen LogP contribution in [0.15, 0.2) is 36.5 Å². The lowest BCUT2D eigenvalue weighted by Gasteiger charge is -2.34. The predicted molar refractivity (Wildman–Crippen MR) is 81.5 cm³/mol. The fourth-order valence-corrected chi connectivity index (χ4v) is 2.91. The first kappa shape index (κ1) is 13.4. The zero-order valence-electron chi connectivity index (χ0n) is 11.4. The van der Waals surface area contributed by atoms with E-state index in [1.165, 1.54) is 11.3 Å². The van der Waals surface area contributed by atoms with Crippen molar-refractivity contribution >= 4 is 23.1 Å². The molecular formula is C16H17ClN2O. The lowest BCUT2D eigenvalue weighted by Crippen LogP contribution is -2.31. The number of aliphatic hydroxyl groups excluding tert-OH is 1. The number of aromatic nitrogens is 1. The van der Waals surface area contributed by atoms with Crippen LogP contribution in [0.2, 0.25) is 5.02 Å². The predicted octanol–water partition coefficient (Wildman–Crippen LogP) is 3.56. The Morgan fingerprint density at radius 2 is 2.20 bits per heavy atom. The molecule has 0 fully saturated rings. The minimum atomic E-state index is -0.0700. The third kappa shape index (κ3) is 2.39. The van der Waals surface area contributed by atoms with Crippen LogP contribution in [0.3, 0.4) is 0 Å². The van der Waals surface area contributed by atoms with Gasteiger partial charge in [0.2, 0.25) is 0 Å². The smallest absolute Gasteiger partial charge is 0.133 e. The highest BCUT2D eigenvalue weighted by Crippen LogP contribution is 2.35. The number of aliphatic hydroxyl groups is 1. The van der Waals surface area contributed by atoms with Crippen LogP contribution < -0.4 is 4.90 Å². The van der Waals surface area contributed by atoms with Gasteiger partial charge >= 0.3 is 0 Å². The molecule has 0 radical (unpaired) electrons. The summed E-state index contributed by atoms with van der Waals surface area (Å²) in [6.45, 7) is 3.10. The summed E-state index contributed by atoms with van der Waals surface area (Å²) in [5.74, 6) is 1.41. The number of halogens is 1. The number of para-hydroxylation sites is 1. The highest BCUT2D eigenvalue weighted by Gasteiger charge is 2.23. The van der Waals surface area contributed by atoms with Gasteiger partial charge in [0, 0.05) is 24.0 Å². The van der Waals surface area contributed by atoms with Gasteiger partial charge in [0.1, 0.15) is 5.82 Å². The van der Waals surface area contributed by atoms with E-state index in [1.807, 2.05) is 12.1 Å². The third-order valence-corrected chi connectivity index (χ3v) is 4.05. The van der Waals surface area contributed by atoms with Crippen molar-refractivity contribution in [2.45, 2.75) is 20.0 Å². The van der Waals surface area contributed by atoms with Crippen LogP contribution in [0.4, 0.5) is 11.5 Å². The van der Waals surface area contributed by atoms with Crippen molar-refractivity contribution < 1.29 is 5.11 Å². The Labute approximate surface area is 123 Å². The number of rotatable bonds is 2. The molecule has 2 heterocycles. The zero-order valence-corrected chi connectivity index (χ0v) is 12.1. The number of hydrogen-bond acceptors (Lipinski definition) is 3. The van der Waals surface area contributed by atoms with Crippen LogP contribution in [0.25, 0.3) is 0 Å². The van der Waals surface area contributed by atoms with Crippen molar-refractivity contribution in [3.8, 4) is 0 Å². The molecule has 20 heavy (non-hydrogen) atoms. The van der Waals surface area contributed by atoms with Crippen LogP contribution >= 0.6 is 11.6 Å². The van der Waals surface area contributed by atoms with Gasteiger partial charge in [-0.3, -0.25) is 0 Å². The van der Waals surface area contributed by atoms with Crippen LogP contribution in [0.5, 0.6) is 0 Å². The molecule has 3 rings (SSSR count). The first-order valence-corrected chi connectivity index (χ1v) is 7.17. The number of fused-ring (bicyclic) bond motifs is 1. The van der Waals surface area contributed by atoms with E-state index in [2.05, 4.69) is 35.0 Å². The summed E-state index contributed by atoms with van der Waals surface area (Å²) in [4.78, 5) is 6.63. The van der Waals surface area contributed by atoms with E-state index in [4.69, 9.17) is 11.6 Å². The molecule has 0 amide bonds. The van der Waals surface area contributed by atoms with E-state index in [-0.39, 0.29) is 6.61 Å². The van der Waals surface area contributed by atoms with Crippen molar-refractivity contribution in [2.24, 2.45) is 5.92 Å². The molecular weight excluding hydrogens is 272 g/mol. The van der Waals surface area contributed by atoms with Crippen LogP contribution in [0, 0.1) is 5.92 Å². The van der Waals surface area contributed by atoms with E-state index >= 15 is 0 Å². The summed E-state index contributed by atoms with van der Waals surface area (Å²) in [6, 6.07) is 10.3. The quantitative estimate of drug-likeness (QED) is 0.918. The molecule has 1 aliphatic rings. The number of nitrogens with zero attached hydrogens (tertiary/aromatic N) is 2. The fraction of sp³-hybridized carbons (Fsp3) is 0.312. The summed E-state index contributed by atoms with van der Waals surface area (Å²) >= 11 is 6.02. The Morgan fingerprint density at radius 3 is 3.00 bits per heavy atom. The van der Waals surface area contributed by atoms with Gasteiger partial charge in [0.05, 0.1) is 11.6 Å². The molecule has 0 saturated carbocycles. The lowest BCUT2D eigenvalue weighted by molar-refractivity contribution is 0.282. The summed E-state index contributed by atoms with van der Waals surface area (Å²) in [5, 5.41) is 9.87. The molecule has 104 valence electrons. The van der Waals surface area contributed by atoms with E-state index in [1.54, 1.807) is 6.20 Å². The van der Waals surface area contributed by atoms with Gasteiger partial charge in [-0.15, -0.1) is 0 Å². The van der Waals surface area contributed by atoms with Crippen molar-refractivity contribution in [3.05, 3.63) is 52.7 Å². The third-order valence-electron chi connectivity index (χ3n) is 3.71. The van der Waals surface area contributed by atoms with Gasteiger partial charge in [0.15, 0.2) is 0 Å². The molecule has 0 saturated heterocycles. The van der Waals surface area contributed by atoms with Gasteiger partial charge in [-0.25, -0.2) is 4.98 Å². The molecule has 4 heteroatoms. The van der Waals surface area contributed by atoms with Crippen molar-refractivity contribution in [1.29, 1.82) is 0 Å². The summed E-state index contributed by atoms with van der Waals surface area (Å²) in [6.07, 6.45) is 2.71. The van der Waals surface area contributed by atoms with Crippen molar-refractivity contribution in [2.75, 3.05) is 11.4 Å². The first-order chi connectivity index (χ1) is 9.69. The molecule has 0 bridgehead atoms. The molecule has 1 unspecified atom stereocenters. The number of hydrogen-bond donors (Lipinski definition) is 1. The zero-order chi connectivity index (χ0) is 14.1. The molecule has 0 spiro atoms. The Bertz CT molecular complexity index is 630. The number of pyridine rings is 1. The molecule has 1 atom stereocenters. The Morgan fingerprint density at radius 1 is 1.40 bits per heavy atom. The second kappa shape index (κ2) is 5.43. The largest absolute Gasteiger partial charge is 0.392 e. The fourth-order valence-electron chi connectivity index (χ4n) is 2.75. The molecule has 1 aliphatic heterocycles. The van der Waals surface area contributed by atoms with Crippen molar-refractivity contribution in [1.82, 2.24) is 4.98 Å². The molecule has 0 aliphatic carbocycles. The minimum Gasteiger partial charge on any atom is -0.392 e. The maximum atomic E-state index is 9.36. The van der Waals surface area contributed by atoms with Crippen LogP contribution in [-0.2, 0) is 13.0 Å². The Balaban J connectivity index is 2.06. The van der Waals surface area contributed by atoms with Gasteiger partial charge in [0.25, 0.3) is 0 Å². The second-order valence-electron chi connectivity index (χ2n) is 5.34. The SMILES string of the molecule is CC1Cc2ccccc2N(c2cc(CO)c(Cl)cn2)C1. The summed E-state index contributed by atoms with van der Waals surface area (Å²) in [7, 11) is 0. The van der Waals surface area contributed by atoms with Gasteiger partial charge in [-0.2, -0.15) is 0 Å². The van der Waals surface area contributed by atoms with Gasteiger partial charge < -0.3 is 10.0 Å².